The van der Waals surface area contributed by atoms with Crippen LogP contribution >= 0.6 is 0 Å². The topological polar surface area (TPSA) is 82.8 Å². The number of nitrogens with one attached hydrogen (secondary N) is 1. The maximum Gasteiger partial charge on any atom is 0.287 e. The van der Waals surface area contributed by atoms with Crippen LogP contribution in [0.25, 0.3) is 0 Å². The summed E-state index contributed by atoms with van der Waals surface area (Å²) in [5.41, 5.74) is -1.11. The molecule has 0 spiro atoms. The van der Waals surface area contributed by atoms with Crippen molar-refractivity contribution in [2.75, 3.05) is 13.1 Å². The highest BCUT2D eigenvalue weighted by Crippen LogP contribution is 2.20. The van der Waals surface area contributed by atoms with Crippen molar-refractivity contribution in [2.24, 2.45) is 5.41 Å². The van der Waals surface area contributed by atoms with Gasteiger partial charge in [-0.3, -0.25) is 9.59 Å². The van der Waals surface area contributed by atoms with Crippen LogP contribution in [-0.2, 0) is 4.79 Å². The van der Waals surface area contributed by atoms with Crippen LogP contribution in [0.3, 0.4) is 0 Å². The number of hydrogen-bond acceptors (Lipinski definition) is 4. The van der Waals surface area contributed by atoms with Gasteiger partial charge in [-0.05, 0) is 37.3 Å². The van der Waals surface area contributed by atoms with E-state index in [1.807, 2.05) is 0 Å². The van der Waals surface area contributed by atoms with Gasteiger partial charge in [-0.2, -0.15) is 0 Å². The molecule has 2 rings (SSSR count). The summed E-state index contributed by atoms with van der Waals surface area (Å²) in [5.74, 6) is 5.44. The average molecular weight is 346 g/mol. The van der Waals surface area contributed by atoms with Gasteiger partial charge in [0.25, 0.3) is 5.91 Å². The van der Waals surface area contributed by atoms with E-state index >= 15 is 0 Å². The summed E-state index contributed by atoms with van der Waals surface area (Å²) in [6.07, 6.45) is 0.299. The van der Waals surface area contributed by atoms with Crippen LogP contribution < -0.4 is 5.32 Å². The molecular formula is C19H26N2O4. The molecule has 1 saturated heterocycles. The Morgan fingerprint density at radius 1 is 1.36 bits per heavy atom. The molecule has 0 bridgehead atoms. The van der Waals surface area contributed by atoms with Crippen molar-refractivity contribution in [3.63, 3.8) is 0 Å². The molecule has 1 unspecified atom stereocenters. The highest BCUT2D eigenvalue weighted by molar-refractivity contribution is 5.92. The zero-order chi connectivity index (χ0) is 18.8. The van der Waals surface area contributed by atoms with Gasteiger partial charge in [0.05, 0.1) is 6.04 Å². The number of furan rings is 1. The minimum absolute atomic E-state index is 0.0175. The lowest BCUT2D eigenvalue weighted by atomic mass is 9.96. The zero-order valence-corrected chi connectivity index (χ0v) is 15.5. The van der Waals surface area contributed by atoms with Crippen LogP contribution in [0.2, 0.25) is 0 Å². The summed E-state index contributed by atoms with van der Waals surface area (Å²) in [6, 6.07) is 2.89. The van der Waals surface area contributed by atoms with E-state index in [0.29, 0.717) is 25.3 Å². The van der Waals surface area contributed by atoms with Gasteiger partial charge in [0.15, 0.2) is 11.5 Å². The Balaban J connectivity index is 1.96. The average Bonchev–Trinajstić information content (AvgIpc) is 3.02. The smallest absolute Gasteiger partial charge is 0.287 e. The maximum absolute atomic E-state index is 12.3. The fourth-order valence-electron chi connectivity index (χ4n) is 2.59. The molecule has 136 valence electrons. The van der Waals surface area contributed by atoms with E-state index in [1.54, 1.807) is 24.8 Å². The summed E-state index contributed by atoms with van der Waals surface area (Å²) in [4.78, 5) is 26.1. The number of amides is 2. The van der Waals surface area contributed by atoms with Gasteiger partial charge in [0, 0.05) is 19.5 Å². The van der Waals surface area contributed by atoms with Gasteiger partial charge in [-0.1, -0.05) is 26.7 Å². The minimum atomic E-state index is -1.13. The molecule has 2 amide bonds. The first kappa shape index (κ1) is 19.1. The first-order valence-electron chi connectivity index (χ1n) is 8.37. The predicted molar refractivity (Wildman–Crippen MR) is 93.8 cm³/mol. The predicted octanol–water partition coefficient (Wildman–Crippen LogP) is 1.78. The Morgan fingerprint density at radius 3 is 2.64 bits per heavy atom. The fraction of sp³-hybridized carbons (Fsp3) is 0.579. The number of nitrogens with zero attached hydrogens (tertiary/aromatic N) is 1. The molecule has 1 aliphatic heterocycles. The first-order chi connectivity index (χ1) is 11.4. The molecule has 0 radical (unpaired) electrons. The zero-order valence-electron chi connectivity index (χ0n) is 15.5. The molecule has 6 nitrogen and oxygen atoms in total. The van der Waals surface area contributed by atoms with E-state index in [0.717, 1.165) is 0 Å². The maximum atomic E-state index is 12.3. The van der Waals surface area contributed by atoms with E-state index in [2.05, 4.69) is 37.9 Å². The van der Waals surface area contributed by atoms with Gasteiger partial charge >= 0.3 is 0 Å². The Hall–Kier alpha value is -2.26. The van der Waals surface area contributed by atoms with Gasteiger partial charge < -0.3 is 19.7 Å². The lowest BCUT2D eigenvalue weighted by Crippen LogP contribution is -2.39. The van der Waals surface area contributed by atoms with Gasteiger partial charge in [-0.15, -0.1) is 0 Å². The van der Waals surface area contributed by atoms with E-state index in [9.17, 15) is 14.7 Å². The lowest BCUT2D eigenvalue weighted by molar-refractivity contribution is -0.128. The second-order valence-corrected chi connectivity index (χ2v) is 8.18. The molecule has 2 heterocycles. The number of rotatable bonds is 3. The third-order valence-electron chi connectivity index (χ3n) is 3.54. The van der Waals surface area contributed by atoms with E-state index in [4.69, 9.17) is 4.42 Å². The fourth-order valence-corrected chi connectivity index (χ4v) is 2.59. The van der Waals surface area contributed by atoms with Crippen molar-refractivity contribution in [1.82, 2.24) is 10.2 Å². The second kappa shape index (κ2) is 6.93. The summed E-state index contributed by atoms with van der Waals surface area (Å²) >= 11 is 0. The van der Waals surface area contributed by atoms with E-state index < -0.39 is 5.60 Å². The van der Waals surface area contributed by atoms with Crippen molar-refractivity contribution >= 4 is 11.8 Å². The van der Waals surface area contributed by atoms with Crippen molar-refractivity contribution in [1.29, 1.82) is 0 Å². The van der Waals surface area contributed by atoms with Crippen molar-refractivity contribution in [2.45, 2.75) is 52.7 Å². The Labute approximate surface area is 148 Å². The molecule has 1 aliphatic rings. The Bertz CT molecular complexity index is 710. The van der Waals surface area contributed by atoms with E-state index in [1.165, 1.54) is 6.07 Å². The Kier molecular flexibility index (Phi) is 5.28. The standard InChI is InChI=1S/C19H26N2O4/c1-18(2,3)12-21-11-13(10-16(21)22)20-17(23)15-7-6-14(25-15)8-9-19(4,5)24/h6-7,13,24H,10-12H2,1-5H3,(H,20,23). The monoisotopic (exact) mass is 346 g/mol. The normalized spacial score (nSPS) is 18.1. The van der Waals surface area contributed by atoms with Crippen molar-refractivity contribution in [3.05, 3.63) is 23.7 Å². The first-order valence-corrected chi connectivity index (χ1v) is 8.37. The second-order valence-electron chi connectivity index (χ2n) is 8.18. The number of hydrogen-bond donors (Lipinski definition) is 2. The number of likely N-dealkylation sites (tertiary alicyclic amines) is 1. The SMILES string of the molecule is CC(C)(O)C#Cc1ccc(C(=O)NC2CC(=O)N(CC(C)(C)C)C2)o1. The quantitative estimate of drug-likeness (QED) is 0.817. The van der Waals surface area contributed by atoms with Gasteiger partial charge in [0.2, 0.25) is 5.91 Å². The number of carbonyl (C=O) groups excluding carboxylic acids is 2. The van der Waals surface area contributed by atoms with Crippen LogP contribution in [0, 0.1) is 17.3 Å². The van der Waals surface area contributed by atoms with Crippen LogP contribution in [0.15, 0.2) is 16.5 Å². The molecule has 0 aliphatic carbocycles. The van der Waals surface area contributed by atoms with Crippen LogP contribution in [0.5, 0.6) is 0 Å². The highest BCUT2D eigenvalue weighted by Gasteiger charge is 2.33. The summed E-state index contributed by atoms with van der Waals surface area (Å²) in [7, 11) is 0. The third-order valence-corrected chi connectivity index (χ3v) is 3.54. The van der Waals surface area contributed by atoms with Crippen LogP contribution in [0.4, 0.5) is 0 Å². The minimum Gasteiger partial charge on any atom is -0.443 e. The molecule has 1 fully saturated rings. The summed E-state index contributed by atoms with van der Waals surface area (Å²) in [6.45, 7) is 10.5. The summed E-state index contributed by atoms with van der Waals surface area (Å²) < 4.78 is 5.39. The summed E-state index contributed by atoms with van der Waals surface area (Å²) in [5, 5.41) is 12.4. The third kappa shape index (κ3) is 5.95. The molecule has 1 atom stereocenters. The molecular weight excluding hydrogens is 320 g/mol. The molecule has 1 aromatic heterocycles. The molecule has 1 aromatic rings. The molecule has 25 heavy (non-hydrogen) atoms. The van der Waals surface area contributed by atoms with Gasteiger partial charge in [0.1, 0.15) is 5.60 Å². The van der Waals surface area contributed by atoms with Gasteiger partial charge in [-0.25, -0.2) is 0 Å². The lowest BCUT2D eigenvalue weighted by Gasteiger charge is -2.26. The van der Waals surface area contributed by atoms with Crippen LogP contribution in [0.1, 0.15) is 57.4 Å². The molecule has 0 saturated carbocycles. The molecule has 0 aromatic carbocycles. The van der Waals surface area contributed by atoms with Crippen molar-refractivity contribution < 1.29 is 19.1 Å². The highest BCUT2D eigenvalue weighted by atomic mass is 16.3. The van der Waals surface area contributed by atoms with Crippen molar-refractivity contribution in [3.8, 4) is 11.8 Å². The number of aliphatic hydroxyl groups is 1. The molecule has 6 heteroatoms. The molecule has 2 N–H and O–H groups in total. The number of carbonyl (C=O) groups is 2. The Morgan fingerprint density at radius 2 is 2.04 bits per heavy atom. The van der Waals surface area contributed by atoms with Crippen LogP contribution in [-0.4, -0.2) is 46.6 Å². The largest absolute Gasteiger partial charge is 0.443 e. The van der Waals surface area contributed by atoms with E-state index in [-0.39, 0.29) is 29.0 Å².